The molecule has 1 amide bonds. The van der Waals surface area contributed by atoms with Crippen LogP contribution in [0.2, 0.25) is 0 Å². The topological polar surface area (TPSA) is 75.4 Å². The first kappa shape index (κ1) is 11.6. The van der Waals surface area contributed by atoms with Gasteiger partial charge in [0.05, 0.1) is 0 Å². The molecular formula is C11H15N3O3. The number of carbonyl (C=O) groups excluding carboxylic acids is 1. The summed E-state index contributed by atoms with van der Waals surface area (Å²) in [6.45, 7) is 0.275. The maximum absolute atomic E-state index is 12.1. The van der Waals surface area contributed by atoms with Crippen LogP contribution in [0, 0.1) is 5.92 Å². The lowest BCUT2D eigenvalue weighted by atomic mass is 10.3. The van der Waals surface area contributed by atoms with Crippen LogP contribution in [0.5, 0.6) is 0 Å². The van der Waals surface area contributed by atoms with Crippen molar-refractivity contribution in [3.05, 3.63) is 18.0 Å². The largest absolute Gasteiger partial charge is 0.480 e. The molecule has 1 heterocycles. The Kier molecular flexibility index (Phi) is 3.12. The zero-order chi connectivity index (χ0) is 12.4. The number of aliphatic carboxylic acids is 1. The number of nitrogens with zero attached hydrogens (tertiary/aromatic N) is 3. The molecule has 0 aliphatic heterocycles. The van der Waals surface area contributed by atoms with Crippen LogP contribution in [0.4, 0.5) is 0 Å². The summed E-state index contributed by atoms with van der Waals surface area (Å²) in [5.74, 6) is -0.785. The number of hydrogen-bond acceptors (Lipinski definition) is 3. The van der Waals surface area contributed by atoms with Gasteiger partial charge in [-0.3, -0.25) is 14.3 Å². The molecule has 0 bridgehead atoms. The number of aryl methyl sites for hydroxylation is 1. The van der Waals surface area contributed by atoms with E-state index in [0.717, 1.165) is 12.8 Å². The molecule has 17 heavy (non-hydrogen) atoms. The molecule has 0 aromatic carbocycles. The summed E-state index contributed by atoms with van der Waals surface area (Å²) in [6.07, 6.45) is 3.69. The monoisotopic (exact) mass is 237 g/mol. The molecule has 92 valence electrons. The first-order chi connectivity index (χ1) is 8.08. The molecule has 0 unspecified atom stereocenters. The van der Waals surface area contributed by atoms with E-state index in [2.05, 4.69) is 5.10 Å². The van der Waals surface area contributed by atoms with Crippen molar-refractivity contribution in [2.24, 2.45) is 13.0 Å². The second-order valence-corrected chi connectivity index (χ2v) is 4.36. The zero-order valence-electron chi connectivity index (χ0n) is 9.67. The van der Waals surface area contributed by atoms with Crippen molar-refractivity contribution in [2.45, 2.75) is 12.8 Å². The molecule has 1 saturated carbocycles. The molecule has 1 aliphatic rings. The summed E-state index contributed by atoms with van der Waals surface area (Å²) in [5, 5.41) is 12.7. The van der Waals surface area contributed by atoms with Crippen molar-refractivity contribution in [1.82, 2.24) is 14.7 Å². The molecule has 1 aliphatic carbocycles. The van der Waals surface area contributed by atoms with Crippen molar-refractivity contribution < 1.29 is 14.7 Å². The minimum atomic E-state index is -0.985. The Balaban J connectivity index is 2.10. The van der Waals surface area contributed by atoms with E-state index in [1.54, 1.807) is 13.1 Å². The third kappa shape index (κ3) is 2.83. The van der Waals surface area contributed by atoms with Gasteiger partial charge in [-0.2, -0.15) is 5.10 Å². The maximum Gasteiger partial charge on any atom is 0.323 e. The highest BCUT2D eigenvalue weighted by atomic mass is 16.4. The fraction of sp³-hybridized carbons (Fsp3) is 0.545. The number of aromatic nitrogens is 2. The predicted octanol–water partition coefficient (Wildman–Crippen LogP) is 0.357. The minimum absolute atomic E-state index is 0.249. The molecule has 1 fully saturated rings. The molecule has 6 nitrogen and oxygen atoms in total. The van der Waals surface area contributed by atoms with E-state index in [4.69, 9.17) is 5.11 Å². The summed E-state index contributed by atoms with van der Waals surface area (Å²) < 4.78 is 1.46. The van der Waals surface area contributed by atoms with Crippen molar-refractivity contribution in [3.8, 4) is 0 Å². The van der Waals surface area contributed by atoms with E-state index < -0.39 is 5.97 Å². The van der Waals surface area contributed by atoms with Crippen LogP contribution in [0.3, 0.4) is 0 Å². The van der Waals surface area contributed by atoms with Gasteiger partial charge in [0, 0.05) is 19.8 Å². The van der Waals surface area contributed by atoms with E-state index in [1.807, 2.05) is 0 Å². The molecule has 2 rings (SSSR count). The van der Waals surface area contributed by atoms with Gasteiger partial charge in [-0.15, -0.1) is 0 Å². The lowest BCUT2D eigenvalue weighted by Gasteiger charge is -2.20. The average Bonchev–Trinajstić information content (AvgIpc) is 2.97. The fourth-order valence-corrected chi connectivity index (χ4v) is 1.74. The summed E-state index contributed by atoms with van der Waals surface area (Å²) >= 11 is 0. The third-order valence-corrected chi connectivity index (χ3v) is 2.83. The van der Waals surface area contributed by atoms with Crippen molar-refractivity contribution in [1.29, 1.82) is 0 Å². The summed E-state index contributed by atoms with van der Waals surface area (Å²) in [6, 6.07) is 1.60. The Morgan fingerprint density at radius 3 is 2.76 bits per heavy atom. The van der Waals surface area contributed by atoms with E-state index >= 15 is 0 Å². The Morgan fingerprint density at radius 1 is 1.59 bits per heavy atom. The molecule has 1 aromatic heterocycles. The Bertz CT molecular complexity index is 437. The summed E-state index contributed by atoms with van der Waals surface area (Å²) in [4.78, 5) is 24.3. The van der Waals surface area contributed by atoms with Gasteiger partial charge in [-0.25, -0.2) is 0 Å². The highest BCUT2D eigenvalue weighted by molar-refractivity contribution is 5.94. The molecule has 0 saturated heterocycles. The number of hydrogen-bond donors (Lipinski definition) is 1. The quantitative estimate of drug-likeness (QED) is 0.802. The van der Waals surface area contributed by atoms with Crippen molar-refractivity contribution in [3.63, 3.8) is 0 Å². The van der Waals surface area contributed by atoms with E-state index in [0.29, 0.717) is 18.2 Å². The number of carboxylic acids is 1. The second-order valence-electron chi connectivity index (χ2n) is 4.36. The Hall–Kier alpha value is -1.85. The van der Waals surface area contributed by atoms with Crippen molar-refractivity contribution >= 4 is 11.9 Å². The first-order valence-electron chi connectivity index (χ1n) is 5.57. The van der Waals surface area contributed by atoms with Crippen molar-refractivity contribution in [2.75, 3.05) is 13.1 Å². The van der Waals surface area contributed by atoms with Gasteiger partial charge >= 0.3 is 5.97 Å². The van der Waals surface area contributed by atoms with E-state index in [1.165, 1.54) is 15.8 Å². The molecule has 1 aromatic rings. The summed E-state index contributed by atoms with van der Waals surface area (Å²) in [7, 11) is 1.67. The van der Waals surface area contributed by atoms with Crippen LogP contribution in [0.25, 0.3) is 0 Å². The lowest BCUT2D eigenvalue weighted by molar-refractivity contribution is -0.137. The number of carboxylic acid groups (broad SMARTS) is 1. The Morgan fingerprint density at radius 2 is 2.29 bits per heavy atom. The van der Waals surface area contributed by atoms with Crippen LogP contribution in [0.15, 0.2) is 12.3 Å². The second kappa shape index (κ2) is 4.57. The van der Waals surface area contributed by atoms with Gasteiger partial charge < -0.3 is 10.0 Å². The molecule has 0 radical (unpaired) electrons. The van der Waals surface area contributed by atoms with Crippen LogP contribution in [-0.2, 0) is 11.8 Å². The van der Waals surface area contributed by atoms with Gasteiger partial charge in [0.2, 0.25) is 0 Å². The van der Waals surface area contributed by atoms with Crippen LogP contribution < -0.4 is 0 Å². The highest BCUT2D eigenvalue weighted by Crippen LogP contribution is 2.30. The van der Waals surface area contributed by atoms with Crippen LogP contribution in [-0.4, -0.2) is 44.8 Å². The lowest BCUT2D eigenvalue weighted by Crippen LogP contribution is -2.38. The first-order valence-corrected chi connectivity index (χ1v) is 5.57. The van der Waals surface area contributed by atoms with Gasteiger partial charge in [-0.1, -0.05) is 0 Å². The highest BCUT2D eigenvalue weighted by Gasteiger charge is 2.29. The molecule has 0 atom stereocenters. The van der Waals surface area contributed by atoms with Gasteiger partial charge in [0.15, 0.2) is 0 Å². The predicted molar refractivity (Wildman–Crippen MR) is 59.5 cm³/mol. The van der Waals surface area contributed by atoms with Crippen LogP contribution >= 0.6 is 0 Å². The number of amides is 1. The van der Waals surface area contributed by atoms with Gasteiger partial charge in [-0.05, 0) is 24.8 Å². The van der Waals surface area contributed by atoms with Gasteiger partial charge in [0.25, 0.3) is 5.91 Å². The molecular weight excluding hydrogens is 222 g/mol. The molecule has 1 N–H and O–H groups in total. The number of carbonyl (C=O) groups is 2. The van der Waals surface area contributed by atoms with E-state index in [9.17, 15) is 9.59 Å². The summed E-state index contributed by atoms with van der Waals surface area (Å²) in [5.41, 5.74) is 0.423. The SMILES string of the molecule is Cn1nccc1C(=O)N(CC(=O)O)CC1CC1. The normalized spacial score (nSPS) is 14.6. The maximum atomic E-state index is 12.1. The third-order valence-electron chi connectivity index (χ3n) is 2.83. The van der Waals surface area contributed by atoms with Crippen LogP contribution in [0.1, 0.15) is 23.3 Å². The standard InChI is InChI=1S/C11H15N3O3/c1-13-9(4-5-12-13)11(17)14(7-10(15)16)6-8-2-3-8/h4-5,8H,2-3,6-7H2,1H3,(H,15,16). The van der Waals surface area contributed by atoms with Gasteiger partial charge in [0.1, 0.15) is 12.2 Å². The smallest absolute Gasteiger partial charge is 0.323 e. The Labute approximate surface area is 98.8 Å². The molecule has 0 spiro atoms. The minimum Gasteiger partial charge on any atom is -0.480 e. The fourth-order valence-electron chi connectivity index (χ4n) is 1.74. The van der Waals surface area contributed by atoms with E-state index in [-0.39, 0.29) is 12.5 Å². The average molecular weight is 237 g/mol. The number of rotatable bonds is 5. The zero-order valence-corrected chi connectivity index (χ0v) is 9.67. The molecule has 6 heteroatoms.